The lowest BCUT2D eigenvalue weighted by atomic mass is 10.1. The predicted molar refractivity (Wildman–Crippen MR) is 215 cm³/mol. The van der Waals surface area contributed by atoms with Crippen LogP contribution in [0.5, 0.6) is 0 Å². The molecule has 0 spiro atoms. The first-order valence-electron chi connectivity index (χ1n) is 19.2. The van der Waals surface area contributed by atoms with E-state index in [2.05, 4.69) is 92.8 Å². The van der Waals surface area contributed by atoms with E-state index in [4.69, 9.17) is 30.1 Å². The molecule has 2 fully saturated rings. The molecule has 7 heterocycles. The normalized spacial score (nSPS) is 19.1. The van der Waals surface area contributed by atoms with Gasteiger partial charge >= 0.3 is 0 Å². The van der Waals surface area contributed by atoms with E-state index < -0.39 is 0 Å². The predicted octanol–water partition coefficient (Wildman–Crippen LogP) is 7.50. The van der Waals surface area contributed by atoms with Gasteiger partial charge in [-0.3, -0.25) is 15.0 Å². The Balaban J connectivity index is 0.000000130. The summed E-state index contributed by atoms with van der Waals surface area (Å²) in [6, 6.07) is 21.0. The van der Waals surface area contributed by atoms with Crippen molar-refractivity contribution in [2.45, 2.75) is 64.2 Å². The molecule has 0 bridgehead atoms. The number of aromatic nitrogens is 13. The third kappa shape index (κ3) is 4.96. The standard InChI is InChI=1S/C22H20N6.C21H19N7/c1-12-11-23-13(2)21-25-20(26-28(12)21)16-10-17(16)22-24-19-15-7-5-4-6-14(15)8-9-18(19)27(22)3;1-11-10-23-12(2)20-25-19(26-28(11)20)14-9-15(14)21-24-18-13-5-4-8-22-16(13)6-7-17(18)27(21)3/h4-9,11,16-17H,10H2,1-3H3;4-8,10,14-15H,9H2,1-3H3/t16-,17-;14-,15-/m10/s1. The van der Waals surface area contributed by atoms with Crippen LogP contribution in [0.3, 0.4) is 0 Å². The molecule has 0 N–H and O–H groups in total. The van der Waals surface area contributed by atoms with E-state index in [1.165, 1.54) is 16.3 Å². The van der Waals surface area contributed by atoms with Crippen LogP contribution < -0.4 is 0 Å². The fraction of sp³-hybridized carbons (Fsp3) is 0.279. The number of rotatable bonds is 4. The molecule has 2 saturated carbocycles. The first kappa shape index (κ1) is 32.8. The van der Waals surface area contributed by atoms with E-state index in [-0.39, 0.29) is 0 Å². The van der Waals surface area contributed by atoms with Crippen molar-refractivity contribution in [3.05, 3.63) is 125 Å². The van der Waals surface area contributed by atoms with Gasteiger partial charge in [-0.2, -0.15) is 10.2 Å². The Labute approximate surface area is 321 Å². The van der Waals surface area contributed by atoms with E-state index in [9.17, 15) is 0 Å². The molecule has 0 unspecified atom stereocenters. The molecule has 13 heteroatoms. The number of imidazole rings is 2. The third-order valence-corrected chi connectivity index (χ3v) is 11.8. The Kier molecular flexibility index (Phi) is 6.98. The zero-order valence-electron chi connectivity index (χ0n) is 32.0. The third-order valence-electron chi connectivity index (χ3n) is 11.8. The number of pyridine rings is 1. The summed E-state index contributed by atoms with van der Waals surface area (Å²) in [6.07, 6.45) is 7.58. The fourth-order valence-corrected chi connectivity index (χ4v) is 8.50. The van der Waals surface area contributed by atoms with Crippen molar-refractivity contribution in [3.63, 3.8) is 0 Å². The number of hydrogen-bond acceptors (Lipinski definition) is 9. The highest BCUT2D eigenvalue weighted by Crippen LogP contribution is 2.55. The maximum atomic E-state index is 5.06. The van der Waals surface area contributed by atoms with Crippen LogP contribution in [0, 0.1) is 27.7 Å². The first-order chi connectivity index (χ1) is 27.2. The van der Waals surface area contributed by atoms with Crippen LogP contribution in [-0.4, -0.2) is 63.3 Å². The summed E-state index contributed by atoms with van der Waals surface area (Å²) in [5.74, 6) is 5.35. The van der Waals surface area contributed by atoms with Crippen molar-refractivity contribution >= 4 is 55.0 Å². The first-order valence-corrected chi connectivity index (χ1v) is 19.2. The average molecular weight is 738 g/mol. The zero-order valence-corrected chi connectivity index (χ0v) is 32.0. The minimum Gasteiger partial charge on any atom is -0.331 e. The topological polar surface area (TPSA) is 135 Å². The molecule has 56 heavy (non-hydrogen) atoms. The highest BCUT2D eigenvalue weighted by molar-refractivity contribution is 6.04. The van der Waals surface area contributed by atoms with Crippen LogP contribution in [0.2, 0.25) is 0 Å². The molecule has 0 aliphatic heterocycles. The summed E-state index contributed by atoms with van der Waals surface area (Å²) in [6.45, 7) is 7.97. The Morgan fingerprint density at radius 2 is 1.07 bits per heavy atom. The SMILES string of the molecule is Cc1ncc(C)n2nc([C@@H]3C[C@H]3c3nc4c5ccccc5ccc4n3C)nc12.Cc1ncc(C)n2nc([C@H]3C[C@@H]3c3nc4c5cccnc5ccc4n3C)nc12. The smallest absolute Gasteiger partial charge is 0.177 e. The average Bonchev–Trinajstić information content (AvgIpc) is 3.96. The molecular weight excluding hydrogens is 699 g/mol. The Morgan fingerprint density at radius 1 is 0.536 bits per heavy atom. The van der Waals surface area contributed by atoms with E-state index in [0.29, 0.717) is 23.7 Å². The largest absolute Gasteiger partial charge is 0.331 e. The minimum atomic E-state index is 0.304. The second kappa shape index (κ2) is 11.9. The van der Waals surface area contributed by atoms with Gasteiger partial charge in [-0.1, -0.05) is 30.3 Å². The summed E-state index contributed by atoms with van der Waals surface area (Å²) >= 11 is 0. The van der Waals surface area contributed by atoms with Crippen molar-refractivity contribution in [2.24, 2.45) is 14.1 Å². The molecule has 0 saturated heterocycles. The number of hydrogen-bond donors (Lipinski definition) is 0. The summed E-state index contributed by atoms with van der Waals surface area (Å²) in [7, 11) is 4.21. The fourth-order valence-electron chi connectivity index (χ4n) is 8.50. The van der Waals surface area contributed by atoms with Crippen LogP contribution in [0.1, 0.15) is 82.6 Å². The number of benzene rings is 3. The van der Waals surface area contributed by atoms with Gasteiger partial charge in [0.1, 0.15) is 11.6 Å². The van der Waals surface area contributed by atoms with E-state index >= 15 is 0 Å². The summed E-state index contributed by atoms with van der Waals surface area (Å²) in [5, 5.41) is 13.1. The molecule has 7 aromatic heterocycles. The second-order valence-electron chi connectivity index (χ2n) is 15.5. The monoisotopic (exact) mass is 737 g/mol. The van der Waals surface area contributed by atoms with E-state index in [1.54, 1.807) is 0 Å². The highest BCUT2D eigenvalue weighted by Gasteiger charge is 2.46. The lowest BCUT2D eigenvalue weighted by molar-refractivity contribution is 0.780. The molecule has 12 rings (SSSR count). The molecule has 2 aliphatic rings. The molecule has 0 radical (unpaired) electrons. The molecule has 4 atom stereocenters. The molecule has 2 aliphatic carbocycles. The van der Waals surface area contributed by atoms with Gasteiger partial charge in [-0.25, -0.2) is 29.0 Å². The molecule has 0 amide bonds. The van der Waals surface area contributed by atoms with Crippen molar-refractivity contribution in [1.82, 2.24) is 63.3 Å². The van der Waals surface area contributed by atoms with Crippen LogP contribution in [0.4, 0.5) is 0 Å². The lowest BCUT2D eigenvalue weighted by Crippen LogP contribution is -1.98. The summed E-state index contributed by atoms with van der Waals surface area (Å²) in [4.78, 5) is 32.9. The van der Waals surface area contributed by atoms with Crippen LogP contribution in [0.25, 0.3) is 55.0 Å². The molecule has 276 valence electrons. The van der Waals surface area contributed by atoms with Gasteiger partial charge in [0.05, 0.1) is 50.4 Å². The highest BCUT2D eigenvalue weighted by atomic mass is 15.3. The van der Waals surface area contributed by atoms with Gasteiger partial charge in [0.25, 0.3) is 0 Å². The van der Waals surface area contributed by atoms with Gasteiger partial charge < -0.3 is 9.13 Å². The molecule has 10 aromatic rings. The maximum Gasteiger partial charge on any atom is 0.177 e. The summed E-state index contributed by atoms with van der Waals surface area (Å²) in [5.41, 5.74) is 10.9. The van der Waals surface area contributed by atoms with E-state index in [1.807, 2.05) is 61.4 Å². The van der Waals surface area contributed by atoms with Crippen LogP contribution in [0.15, 0.2) is 79.3 Å². The number of nitrogens with zero attached hydrogens (tertiary/aromatic N) is 13. The maximum absolute atomic E-state index is 5.06. The molecule has 3 aromatic carbocycles. The van der Waals surface area contributed by atoms with Crippen molar-refractivity contribution in [2.75, 3.05) is 0 Å². The number of fused-ring (bicyclic) bond motifs is 8. The van der Waals surface area contributed by atoms with Gasteiger partial charge in [0, 0.05) is 67.1 Å². The van der Waals surface area contributed by atoms with Crippen LogP contribution >= 0.6 is 0 Å². The van der Waals surface area contributed by atoms with Gasteiger partial charge in [0.2, 0.25) is 0 Å². The Bertz CT molecular complexity index is 2930. The van der Waals surface area contributed by atoms with Gasteiger partial charge in [-0.05, 0) is 76.3 Å². The van der Waals surface area contributed by atoms with E-state index in [0.717, 1.165) is 97.7 Å². The quantitative estimate of drug-likeness (QED) is 0.180. The van der Waals surface area contributed by atoms with Gasteiger partial charge in [-0.15, -0.1) is 0 Å². The van der Waals surface area contributed by atoms with Crippen molar-refractivity contribution in [3.8, 4) is 0 Å². The van der Waals surface area contributed by atoms with Gasteiger partial charge in [0.15, 0.2) is 22.9 Å². The minimum absolute atomic E-state index is 0.304. The van der Waals surface area contributed by atoms with Crippen LogP contribution in [-0.2, 0) is 14.1 Å². The molecular formula is C43H39N13. The number of aryl methyl sites for hydroxylation is 6. The summed E-state index contributed by atoms with van der Waals surface area (Å²) < 4.78 is 8.26. The molecule has 13 nitrogen and oxygen atoms in total. The van der Waals surface area contributed by atoms with Crippen molar-refractivity contribution < 1.29 is 0 Å². The zero-order chi connectivity index (χ0) is 38.0. The second-order valence-corrected chi connectivity index (χ2v) is 15.5. The lowest BCUT2D eigenvalue weighted by Gasteiger charge is -2.01. The Hall–Kier alpha value is -6.63. The Morgan fingerprint density at radius 3 is 1.66 bits per heavy atom. The van der Waals surface area contributed by atoms with Crippen molar-refractivity contribution in [1.29, 1.82) is 0 Å².